The maximum absolute atomic E-state index is 14.1. The van der Waals surface area contributed by atoms with Crippen molar-refractivity contribution >= 4 is 17.5 Å². The summed E-state index contributed by atoms with van der Waals surface area (Å²) in [5.41, 5.74) is 0.844. The van der Waals surface area contributed by atoms with Crippen molar-refractivity contribution in [2.75, 3.05) is 20.8 Å². The number of methoxy groups -OCH3 is 2. The number of amides is 1. The third-order valence-corrected chi connectivity index (χ3v) is 4.70. The fraction of sp³-hybridized carbons (Fsp3) is 0.316. The summed E-state index contributed by atoms with van der Waals surface area (Å²) in [5, 5.41) is 0.333. The van der Waals surface area contributed by atoms with Crippen LogP contribution in [0.5, 0.6) is 11.5 Å². The Morgan fingerprint density at radius 1 is 1.20 bits per heavy atom. The van der Waals surface area contributed by atoms with Crippen LogP contribution in [0.2, 0.25) is 5.02 Å². The van der Waals surface area contributed by atoms with Gasteiger partial charge >= 0.3 is 0 Å². The monoisotopic (exact) mass is 363 g/mol. The average molecular weight is 364 g/mol. The van der Waals surface area contributed by atoms with E-state index in [1.54, 1.807) is 25.2 Å². The minimum Gasteiger partial charge on any atom is -0.497 e. The summed E-state index contributed by atoms with van der Waals surface area (Å²) in [6.07, 6.45) is 1.61. The molecule has 6 heteroatoms. The number of rotatable bonds is 4. The molecule has 4 nitrogen and oxygen atoms in total. The van der Waals surface area contributed by atoms with Crippen molar-refractivity contribution in [3.63, 3.8) is 0 Å². The van der Waals surface area contributed by atoms with Crippen molar-refractivity contribution in [3.8, 4) is 11.5 Å². The summed E-state index contributed by atoms with van der Waals surface area (Å²) in [6, 6.07) is 9.30. The highest BCUT2D eigenvalue weighted by atomic mass is 35.5. The first-order valence-corrected chi connectivity index (χ1v) is 8.41. The van der Waals surface area contributed by atoms with E-state index in [2.05, 4.69) is 0 Å². The van der Waals surface area contributed by atoms with E-state index < -0.39 is 5.82 Å². The van der Waals surface area contributed by atoms with Crippen LogP contribution in [0, 0.1) is 5.82 Å². The molecular formula is C19H19ClFNO3. The topological polar surface area (TPSA) is 38.8 Å². The largest absolute Gasteiger partial charge is 0.497 e. The van der Waals surface area contributed by atoms with E-state index >= 15 is 0 Å². The number of carbonyl (C=O) groups excluding carboxylic acids is 1. The molecule has 1 atom stereocenters. The van der Waals surface area contributed by atoms with Crippen LogP contribution in [0.25, 0.3) is 0 Å². The van der Waals surface area contributed by atoms with Gasteiger partial charge in [0.05, 0.1) is 25.8 Å². The first-order chi connectivity index (χ1) is 12.0. The van der Waals surface area contributed by atoms with Crippen LogP contribution in [-0.2, 0) is 0 Å². The molecule has 2 aromatic rings. The first-order valence-electron chi connectivity index (χ1n) is 8.03. The maximum atomic E-state index is 14.1. The normalized spacial score (nSPS) is 16.8. The molecule has 132 valence electrons. The van der Waals surface area contributed by atoms with Crippen molar-refractivity contribution in [2.45, 2.75) is 18.9 Å². The van der Waals surface area contributed by atoms with Gasteiger partial charge in [-0.25, -0.2) is 4.39 Å². The molecule has 1 amide bonds. The Morgan fingerprint density at radius 3 is 2.72 bits per heavy atom. The van der Waals surface area contributed by atoms with Crippen LogP contribution in [0.4, 0.5) is 4.39 Å². The second-order valence-electron chi connectivity index (χ2n) is 5.89. The Bertz CT molecular complexity index is 796. The summed E-state index contributed by atoms with van der Waals surface area (Å²) >= 11 is 5.93. The minimum atomic E-state index is -0.572. The summed E-state index contributed by atoms with van der Waals surface area (Å²) in [5.74, 6) is 0.422. The fourth-order valence-corrected chi connectivity index (χ4v) is 3.42. The van der Waals surface area contributed by atoms with Gasteiger partial charge < -0.3 is 14.4 Å². The van der Waals surface area contributed by atoms with Crippen molar-refractivity contribution in [1.29, 1.82) is 0 Å². The lowest BCUT2D eigenvalue weighted by molar-refractivity contribution is 0.0729. The summed E-state index contributed by atoms with van der Waals surface area (Å²) in [7, 11) is 3.17. The number of halogens is 2. The number of nitrogens with zero attached hydrogens (tertiary/aromatic N) is 1. The highest BCUT2D eigenvalue weighted by Crippen LogP contribution is 2.39. The zero-order valence-electron chi connectivity index (χ0n) is 14.1. The van der Waals surface area contributed by atoms with Gasteiger partial charge in [-0.1, -0.05) is 11.6 Å². The predicted octanol–water partition coefficient (Wildman–Crippen LogP) is 4.47. The zero-order valence-corrected chi connectivity index (χ0v) is 14.8. The Kier molecular flexibility index (Phi) is 5.13. The van der Waals surface area contributed by atoms with Gasteiger partial charge in [-0.05, 0) is 49.2 Å². The number of ether oxygens (including phenoxy) is 2. The molecule has 0 radical (unpaired) electrons. The summed E-state index contributed by atoms with van der Waals surface area (Å²) in [4.78, 5) is 14.6. The van der Waals surface area contributed by atoms with E-state index in [4.69, 9.17) is 21.1 Å². The number of likely N-dealkylation sites (tertiary alicyclic amines) is 1. The minimum absolute atomic E-state index is 0.0127. The Morgan fingerprint density at radius 2 is 2.00 bits per heavy atom. The second kappa shape index (κ2) is 7.31. The number of hydrogen-bond acceptors (Lipinski definition) is 3. The van der Waals surface area contributed by atoms with Crippen molar-refractivity contribution in [3.05, 3.63) is 58.4 Å². The molecule has 0 saturated carbocycles. The van der Waals surface area contributed by atoms with Gasteiger partial charge in [0.2, 0.25) is 0 Å². The molecular weight excluding hydrogens is 345 g/mol. The molecule has 1 saturated heterocycles. The smallest absolute Gasteiger partial charge is 0.257 e. The highest BCUT2D eigenvalue weighted by Gasteiger charge is 2.33. The molecule has 1 heterocycles. The molecule has 3 rings (SSSR count). The zero-order chi connectivity index (χ0) is 18.0. The van der Waals surface area contributed by atoms with Gasteiger partial charge in [0.15, 0.2) is 0 Å². The summed E-state index contributed by atoms with van der Waals surface area (Å²) < 4.78 is 24.9. The van der Waals surface area contributed by atoms with E-state index in [0.29, 0.717) is 23.1 Å². The van der Waals surface area contributed by atoms with Gasteiger partial charge in [0.1, 0.15) is 17.3 Å². The van der Waals surface area contributed by atoms with E-state index in [1.165, 1.54) is 18.2 Å². The van der Waals surface area contributed by atoms with E-state index in [9.17, 15) is 9.18 Å². The second-order valence-corrected chi connectivity index (χ2v) is 6.33. The van der Waals surface area contributed by atoms with Crippen LogP contribution in [0.3, 0.4) is 0 Å². The van der Waals surface area contributed by atoms with E-state index in [0.717, 1.165) is 18.4 Å². The number of hydrogen-bond donors (Lipinski definition) is 0. The molecule has 0 spiro atoms. The Labute approximate surface area is 151 Å². The van der Waals surface area contributed by atoms with Crippen molar-refractivity contribution < 1.29 is 18.7 Å². The Balaban J connectivity index is 1.98. The Hall–Kier alpha value is -2.27. The number of benzene rings is 2. The fourth-order valence-electron chi connectivity index (χ4n) is 3.25. The van der Waals surface area contributed by atoms with Gasteiger partial charge in [0.25, 0.3) is 5.91 Å². The van der Waals surface area contributed by atoms with Gasteiger partial charge in [-0.2, -0.15) is 0 Å². The molecule has 0 unspecified atom stereocenters. The van der Waals surface area contributed by atoms with E-state index in [1.807, 2.05) is 12.1 Å². The maximum Gasteiger partial charge on any atom is 0.257 e. The van der Waals surface area contributed by atoms with Crippen LogP contribution in [0.1, 0.15) is 34.8 Å². The lowest BCUT2D eigenvalue weighted by Gasteiger charge is -2.27. The molecule has 1 aliphatic heterocycles. The lowest BCUT2D eigenvalue weighted by Crippen LogP contribution is -2.31. The quantitative estimate of drug-likeness (QED) is 0.804. The van der Waals surface area contributed by atoms with E-state index in [-0.39, 0.29) is 17.5 Å². The molecule has 1 aliphatic rings. The van der Waals surface area contributed by atoms with Crippen LogP contribution >= 0.6 is 11.6 Å². The molecule has 2 aromatic carbocycles. The van der Waals surface area contributed by atoms with Gasteiger partial charge in [0, 0.05) is 17.1 Å². The average Bonchev–Trinajstić information content (AvgIpc) is 3.12. The standard InChI is InChI=1S/C19H19ClFNO3/c1-24-13-6-8-18(25-2)15(11-13)17-4-3-9-22(17)19(23)14-10-12(20)5-7-16(14)21/h5-8,10-11,17H,3-4,9H2,1-2H3/t17-/m0/s1. The molecule has 0 aliphatic carbocycles. The molecule has 1 fully saturated rings. The highest BCUT2D eigenvalue weighted by molar-refractivity contribution is 6.31. The molecule has 25 heavy (non-hydrogen) atoms. The predicted molar refractivity (Wildman–Crippen MR) is 94.0 cm³/mol. The van der Waals surface area contributed by atoms with Gasteiger partial charge in [-0.15, -0.1) is 0 Å². The SMILES string of the molecule is COc1ccc(OC)c([C@@H]2CCCN2C(=O)c2cc(Cl)ccc2F)c1. The van der Waals surface area contributed by atoms with Crippen LogP contribution < -0.4 is 9.47 Å². The molecule has 0 aromatic heterocycles. The third-order valence-electron chi connectivity index (χ3n) is 4.47. The third kappa shape index (κ3) is 3.42. The lowest BCUT2D eigenvalue weighted by atomic mass is 10.0. The van der Waals surface area contributed by atoms with Crippen molar-refractivity contribution in [2.24, 2.45) is 0 Å². The van der Waals surface area contributed by atoms with Crippen LogP contribution in [-0.4, -0.2) is 31.6 Å². The number of carbonyl (C=O) groups is 1. The van der Waals surface area contributed by atoms with Crippen LogP contribution in [0.15, 0.2) is 36.4 Å². The first kappa shape index (κ1) is 17.5. The summed E-state index contributed by atoms with van der Waals surface area (Å²) in [6.45, 7) is 0.551. The van der Waals surface area contributed by atoms with Gasteiger partial charge in [-0.3, -0.25) is 4.79 Å². The van der Waals surface area contributed by atoms with Crippen molar-refractivity contribution in [1.82, 2.24) is 4.90 Å². The molecule has 0 bridgehead atoms. The molecule has 0 N–H and O–H groups in total.